The summed E-state index contributed by atoms with van der Waals surface area (Å²) < 4.78 is 1.73. The van der Waals surface area contributed by atoms with Crippen molar-refractivity contribution in [2.75, 3.05) is 5.32 Å². The van der Waals surface area contributed by atoms with Gasteiger partial charge in [-0.3, -0.25) is 0 Å². The van der Waals surface area contributed by atoms with Crippen molar-refractivity contribution < 1.29 is 0 Å². The van der Waals surface area contributed by atoms with Gasteiger partial charge in [0.15, 0.2) is 0 Å². The normalized spacial score (nSPS) is 10.4. The summed E-state index contributed by atoms with van der Waals surface area (Å²) >= 11 is 0. The summed E-state index contributed by atoms with van der Waals surface area (Å²) in [5, 5.41) is 14.4. The molecule has 0 atom stereocenters. The lowest BCUT2D eigenvalue weighted by Gasteiger charge is -2.07. The van der Waals surface area contributed by atoms with Crippen LogP contribution in [0, 0.1) is 6.07 Å². The molecule has 5 heteroatoms. The lowest BCUT2D eigenvalue weighted by Crippen LogP contribution is -2.02. The number of hydrogen-bond acceptors (Lipinski definition) is 4. The zero-order valence-corrected chi connectivity index (χ0v) is 10.9. The summed E-state index contributed by atoms with van der Waals surface area (Å²) in [7, 11) is 0. The van der Waals surface area contributed by atoms with Gasteiger partial charge in [-0.2, -0.15) is 0 Å². The number of rotatable bonds is 5. The van der Waals surface area contributed by atoms with Gasteiger partial charge in [0.25, 0.3) is 0 Å². The highest BCUT2D eigenvalue weighted by Crippen LogP contribution is 2.16. The van der Waals surface area contributed by atoms with Crippen LogP contribution in [0.15, 0.2) is 54.9 Å². The van der Waals surface area contributed by atoms with Gasteiger partial charge in [0.1, 0.15) is 6.33 Å². The number of anilines is 2. The maximum absolute atomic E-state index is 3.84. The van der Waals surface area contributed by atoms with Gasteiger partial charge in [0.05, 0.1) is 0 Å². The van der Waals surface area contributed by atoms with E-state index in [9.17, 15) is 0 Å². The standard InChI is InChI=1S/C15H14N5/c1-2-4-14(5-3-1)17-15-8-6-13(7-9-15)10-11-20-12-16-18-19-20/h1-4,6-9,12,17H,10-11H2. The molecule has 20 heavy (non-hydrogen) atoms. The summed E-state index contributed by atoms with van der Waals surface area (Å²) in [6.45, 7) is 0.784. The highest BCUT2D eigenvalue weighted by molar-refractivity contribution is 5.58. The first-order chi connectivity index (χ1) is 9.90. The summed E-state index contributed by atoms with van der Waals surface area (Å²) in [5.74, 6) is 0. The molecule has 0 unspecified atom stereocenters. The van der Waals surface area contributed by atoms with Crippen LogP contribution in [-0.2, 0) is 13.0 Å². The van der Waals surface area contributed by atoms with E-state index in [4.69, 9.17) is 0 Å². The molecule has 1 aromatic heterocycles. The molecule has 3 rings (SSSR count). The van der Waals surface area contributed by atoms with E-state index in [0.717, 1.165) is 24.3 Å². The van der Waals surface area contributed by atoms with Gasteiger partial charge in [0, 0.05) is 24.0 Å². The summed E-state index contributed by atoms with van der Waals surface area (Å²) in [6, 6.07) is 19.3. The van der Waals surface area contributed by atoms with Crippen molar-refractivity contribution in [1.29, 1.82) is 0 Å². The van der Waals surface area contributed by atoms with Crippen molar-refractivity contribution >= 4 is 11.4 Å². The van der Waals surface area contributed by atoms with Gasteiger partial charge >= 0.3 is 0 Å². The Hall–Kier alpha value is -2.69. The van der Waals surface area contributed by atoms with Gasteiger partial charge in [-0.05, 0) is 40.6 Å². The minimum atomic E-state index is 0.784. The Kier molecular flexibility index (Phi) is 3.68. The summed E-state index contributed by atoms with van der Waals surface area (Å²) in [5.41, 5.74) is 3.27. The van der Waals surface area contributed by atoms with Crippen LogP contribution in [0.25, 0.3) is 0 Å². The second-order valence-electron chi connectivity index (χ2n) is 4.42. The van der Waals surface area contributed by atoms with Crippen LogP contribution in [-0.4, -0.2) is 20.2 Å². The third kappa shape index (κ3) is 3.20. The van der Waals surface area contributed by atoms with E-state index in [1.807, 2.05) is 24.3 Å². The summed E-state index contributed by atoms with van der Waals surface area (Å²) in [4.78, 5) is 0. The Bertz CT molecular complexity index is 632. The Labute approximate surface area is 117 Å². The third-order valence-electron chi connectivity index (χ3n) is 2.96. The van der Waals surface area contributed by atoms with E-state index in [1.54, 1.807) is 11.0 Å². The minimum Gasteiger partial charge on any atom is -0.355 e. The van der Waals surface area contributed by atoms with E-state index in [2.05, 4.69) is 51.2 Å². The number of nitrogens with zero attached hydrogens (tertiary/aromatic N) is 4. The van der Waals surface area contributed by atoms with E-state index < -0.39 is 0 Å². The SMILES string of the molecule is [c]1ccccc1Nc1ccc(CCn2cnnn2)cc1. The van der Waals surface area contributed by atoms with Gasteiger partial charge in [-0.25, -0.2) is 4.68 Å². The smallest absolute Gasteiger partial charge is 0.138 e. The fourth-order valence-electron chi connectivity index (χ4n) is 1.91. The van der Waals surface area contributed by atoms with Crippen LogP contribution in [0.1, 0.15) is 5.56 Å². The highest BCUT2D eigenvalue weighted by atomic mass is 15.5. The number of aryl methyl sites for hydroxylation is 2. The number of nitrogens with one attached hydrogen (secondary N) is 1. The van der Waals surface area contributed by atoms with Crippen molar-refractivity contribution in [2.45, 2.75) is 13.0 Å². The van der Waals surface area contributed by atoms with E-state index in [-0.39, 0.29) is 0 Å². The zero-order chi connectivity index (χ0) is 13.6. The molecule has 0 saturated heterocycles. The predicted octanol–water partition coefficient (Wildman–Crippen LogP) is 2.46. The van der Waals surface area contributed by atoms with E-state index in [1.165, 1.54) is 5.56 Å². The Morgan fingerprint density at radius 3 is 2.70 bits per heavy atom. The second-order valence-corrected chi connectivity index (χ2v) is 4.42. The predicted molar refractivity (Wildman–Crippen MR) is 76.5 cm³/mol. The molecule has 99 valence electrons. The van der Waals surface area contributed by atoms with E-state index in [0.29, 0.717) is 0 Å². The Balaban J connectivity index is 1.60. The fourth-order valence-corrected chi connectivity index (χ4v) is 1.91. The molecule has 0 aliphatic rings. The van der Waals surface area contributed by atoms with Crippen LogP contribution < -0.4 is 5.32 Å². The largest absolute Gasteiger partial charge is 0.355 e. The molecule has 0 fully saturated rings. The number of para-hydroxylation sites is 1. The highest BCUT2D eigenvalue weighted by Gasteiger charge is 1.98. The van der Waals surface area contributed by atoms with Crippen LogP contribution in [0.3, 0.4) is 0 Å². The molecule has 0 amide bonds. The topological polar surface area (TPSA) is 55.6 Å². The van der Waals surface area contributed by atoms with E-state index >= 15 is 0 Å². The number of hydrogen-bond donors (Lipinski definition) is 1. The number of aromatic nitrogens is 4. The third-order valence-corrected chi connectivity index (χ3v) is 2.96. The molecule has 0 aliphatic carbocycles. The minimum absolute atomic E-state index is 0.784. The molecule has 0 spiro atoms. The Morgan fingerprint density at radius 2 is 2.00 bits per heavy atom. The van der Waals surface area contributed by atoms with Crippen LogP contribution in [0.2, 0.25) is 0 Å². The second kappa shape index (κ2) is 5.97. The van der Waals surface area contributed by atoms with Crippen molar-refractivity contribution in [3.63, 3.8) is 0 Å². The molecule has 1 N–H and O–H groups in total. The van der Waals surface area contributed by atoms with Crippen molar-refractivity contribution in [2.24, 2.45) is 0 Å². The molecule has 1 heterocycles. The summed E-state index contributed by atoms with van der Waals surface area (Å²) in [6.07, 6.45) is 2.53. The lowest BCUT2D eigenvalue weighted by atomic mass is 10.1. The zero-order valence-electron chi connectivity index (χ0n) is 10.9. The lowest BCUT2D eigenvalue weighted by molar-refractivity contribution is 0.589. The maximum atomic E-state index is 3.84. The molecule has 0 bridgehead atoms. The number of benzene rings is 2. The Morgan fingerprint density at radius 1 is 1.10 bits per heavy atom. The van der Waals surface area contributed by atoms with Gasteiger partial charge in [-0.1, -0.05) is 30.3 Å². The first-order valence-electron chi connectivity index (χ1n) is 6.43. The van der Waals surface area contributed by atoms with Gasteiger partial charge in [-0.15, -0.1) is 5.10 Å². The molecular formula is C15H14N5. The molecule has 1 radical (unpaired) electrons. The number of tetrazole rings is 1. The van der Waals surface area contributed by atoms with Crippen LogP contribution >= 0.6 is 0 Å². The van der Waals surface area contributed by atoms with Crippen molar-refractivity contribution in [1.82, 2.24) is 20.2 Å². The van der Waals surface area contributed by atoms with Gasteiger partial charge in [0.2, 0.25) is 0 Å². The van der Waals surface area contributed by atoms with Gasteiger partial charge < -0.3 is 5.32 Å². The first kappa shape index (κ1) is 12.3. The quantitative estimate of drug-likeness (QED) is 0.769. The van der Waals surface area contributed by atoms with Crippen molar-refractivity contribution in [3.8, 4) is 0 Å². The first-order valence-corrected chi connectivity index (χ1v) is 6.43. The maximum Gasteiger partial charge on any atom is 0.138 e. The molecule has 2 aromatic carbocycles. The monoisotopic (exact) mass is 264 g/mol. The van der Waals surface area contributed by atoms with Crippen molar-refractivity contribution in [3.05, 3.63) is 66.5 Å². The molecule has 0 aliphatic heterocycles. The molecule has 0 saturated carbocycles. The molecular weight excluding hydrogens is 250 g/mol. The average Bonchev–Trinajstić information content (AvgIpc) is 3.01. The molecule has 3 aromatic rings. The average molecular weight is 264 g/mol. The van der Waals surface area contributed by atoms with Crippen LogP contribution in [0.5, 0.6) is 0 Å². The van der Waals surface area contributed by atoms with Crippen LogP contribution in [0.4, 0.5) is 11.4 Å². The fraction of sp³-hybridized carbons (Fsp3) is 0.133. The molecule has 5 nitrogen and oxygen atoms in total.